The molecule has 4 nitrogen and oxygen atoms in total. The van der Waals surface area contributed by atoms with Crippen molar-refractivity contribution >= 4 is 17.3 Å². The van der Waals surface area contributed by atoms with E-state index >= 15 is 0 Å². The fourth-order valence-corrected chi connectivity index (χ4v) is 2.78. The van der Waals surface area contributed by atoms with Gasteiger partial charge in [0.05, 0.1) is 5.01 Å². The number of aryl methyl sites for hydroxylation is 1. The second kappa shape index (κ2) is 6.00. The Bertz CT molecular complexity index is 380. The molecule has 0 saturated carbocycles. The first-order chi connectivity index (χ1) is 8.25. The van der Waals surface area contributed by atoms with Gasteiger partial charge in [-0.3, -0.25) is 4.99 Å². The molecule has 0 aromatic carbocycles. The van der Waals surface area contributed by atoms with Crippen LogP contribution in [-0.4, -0.2) is 35.5 Å². The summed E-state index contributed by atoms with van der Waals surface area (Å²) < 4.78 is 0. The van der Waals surface area contributed by atoms with Gasteiger partial charge in [-0.05, 0) is 26.2 Å². The van der Waals surface area contributed by atoms with Crippen LogP contribution in [0.15, 0.2) is 11.2 Å². The van der Waals surface area contributed by atoms with Crippen LogP contribution < -0.4 is 5.73 Å². The van der Waals surface area contributed by atoms with Gasteiger partial charge in [-0.2, -0.15) is 0 Å². The Morgan fingerprint density at radius 1 is 1.47 bits per heavy atom. The molecule has 0 aliphatic carbocycles. The minimum atomic E-state index is 0.706. The van der Waals surface area contributed by atoms with Crippen LogP contribution in [0.4, 0.5) is 0 Å². The van der Waals surface area contributed by atoms with Crippen LogP contribution in [0.3, 0.4) is 0 Å². The SMILES string of the molecule is Cc1cnc(CCN=C(N)N2CCCCC2)s1. The van der Waals surface area contributed by atoms with Gasteiger partial charge >= 0.3 is 0 Å². The lowest BCUT2D eigenvalue weighted by Gasteiger charge is -2.27. The van der Waals surface area contributed by atoms with Crippen LogP contribution in [0.1, 0.15) is 29.1 Å². The number of aromatic nitrogens is 1. The standard InChI is InChI=1S/C12H20N4S/c1-10-9-15-11(17-10)5-6-14-12(13)16-7-3-2-4-8-16/h9H,2-8H2,1H3,(H2,13,14). The number of aliphatic imine (C=N–C) groups is 1. The lowest BCUT2D eigenvalue weighted by molar-refractivity contribution is 0.338. The van der Waals surface area contributed by atoms with Gasteiger partial charge in [-0.1, -0.05) is 0 Å². The van der Waals surface area contributed by atoms with Crippen molar-refractivity contribution in [1.29, 1.82) is 0 Å². The number of hydrogen-bond acceptors (Lipinski definition) is 3. The van der Waals surface area contributed by atoms with E-state index in [0.29, 0.717) is 5.96 Å². The fraction of sp³-hybridized carbons (Fsp3) is 0.667. The van der Waals surface area contributed by atoms with E-state index < -0.39 is 0 Å². The highest BCUT2D eigenvalue weighted by Crippen LogP contribution is 2.12. The molecule has 5 heteroatoms. The van der Waals surface area contributed by atoms with E-state index in [1.807, 2.05) is 6.20 Å². The first-order valence-corrected chi connectivity index (χ1v) is 7.03. The van der Waals surface area contributed by atoms with Gasteiger partial charge in [0.1, 0.15) is 0 Å². The minimum Gasteiger partial charge on any atom is -0.370 e. The topological polar surface area (TPSA) is 54.5 Å². The van der Waals surface area contributed by atoms with Gasteiger partial charge in [-0.15, -0.1) is 11.3 Å². The number of nitrogens with two attached hydrogens (primary N) is 1. The lowest BCUT2D eigenvalue weighted by Crippen LogP contribution is -2.41. The molecule has 2 heterocycles. The zero-order valence-electron chi connectivity index (χ0n) is 10.4. The maximum Gasteiger partial charge on any atom is 0.191 e. The van der Waals surface area contributed by atoms with Crippen LogP contribution in [-0.2, 0) is 6.42 Å². The van der Waals surface area contributed by atoms with Gasteiger partial charge in [-0.25, -0.2) is 4.98 Å². The molecule has 0 spiro atoms. The Balaban J connectivity index is 1.79. The van der Waals surface area contributed by atoms with Gasteiger partial charge in [0.15, 0.2) is 5.96 Å². The molecule has 0 amide bonds. The summed E-state index contributed by atoms with van der Waals surface area (Å²) >= 11 is 1.74. The summed E-state index contributed by atoms with van der Waals surface area (Å²) in [6.07, 6.45) is 6.61. The quantitative estimate of drug-likeness (QED) is 0.659. The van der Waals surface area contributed by atoms with Crippen LogP contribution in [0.25, 0.3) is 0 Å². The predicted octanol–water partition coefficient (Wildman–Crippen LogP) is 1.79. The Labute approximate surface area is 107 Å². The average Bonchev–Trinajstić information content (AvgIpc) is 2.76. The van der Waals surface area contributed by atoms with Gasteiger partial charge < -0.3 is 10.6 Å². The number of rotatable bonds is 3. The summed E-state index contributed by atoms with van der Waals surface area (Å²) in [5.74, 6) is 0.706. The van der Waals surface area contributed by atoms with Gasteiger partial charge in [0, 0.05) is 37.1 Å². The van der Waals surface area contributed by atoms with Crippen molar-refractivity contribution < 1.29 is 0 Å². The molecule has 1 fully saturated rings. The second-order valence-corrected chi connectivity index (χ2v) is 5.72. The molecule has 2 rings (SSSR count). The summed E-state index contributed by atoms with van der Waals surface area (Å²) in [5.41, 5.74) is 5.98. The highest BCUT2D eigenvalue weighted by molar-refractivity contribution is 7.11. The molecule has 0 unspecified atom stereocenters. The molecule has 0 radical (unpaired) electrons. The number of likely N-dealkylation sites (tertiary alicyclic amines) is 1. The summed E-state index contributed by atoms with van der Waals surface area (Å²) in [4.78, 5) is 12.2. The molecule has 0 atom stereocenters. The number of thiazole rings is 1. The zero-order valence-corrected chi connectivity index (χ0v) is 11.2. The Morgan fingerprint density at radius 2 is 2.24 bits per heavy atom. The summed E-state index contributed by atoms with van der Waals surface area (Å²) in [6.45, 7) is 4.94. The lowest BCUT2D eigenvalue weighted by atomic mass is 10.1. The van der Waals surface area contributed by atoms with E-state index in [1.54, 1.807) is 11.3 Å². The smallest absolute Gasteiger partial charge is 0.191 e. The van der Waals surface area contributed by atoms with E-state index in [-0.39, 0.29) is 0 Å². The highest BCUT2D eigenvalue weighted by atomic mass is 32.1. The normalized spacial score (nSPS) is 17.5. The van der Waals surface area contributed by atoms with Crippen molar-refractivity contribution in [1.82, 2.24) is 9.88 Å². The molecule has 1 saturated heterocycles. The highest BCUT2D eigenvalue weighted by Gasteiger charge is 2.11. The van der Waals surface area contributed by atoms with E-state index in [2.05, 4.69) is 21.8 Å². The number of nitrogens with zero attached hydrogens (tertiary/aromatic N) is 3. The van der Waals surface area contributed by atoms with Gasteiger partial charge in [0.2, 0.25) is 0 Å². The Hall–Kier alpha value is -1.10. The maximum atomic E-state index is 5.98. The molecule has 2 N–H and O–H groups in total. The van der Waals surface area contributed by atoms with E-state index in [1.165, 1.54) is 24.1 Å². The maximum absolute atomic E-state index is 5.98. The van der Waals surface area contributed by atoms with Crippen molar-refractivity contribution in [3.63, 3.8) is 0 Å². The van der Waals surface area contributed by atoms with Crippen molar-refractivity contribution in [2.45, 2.75) is 32.6 Å². The molecule has 0 bridgehead atoms. The number of piperidine rings is 1. The average molecular weight is 252 g/mol. The molecule has 1 aliphatic rings. The largest absolute Gasteiger partial charge is 0.370 e. The predicted molar refractivity (Wildman–Crippen MR) is 72.5 cm³/mol. The third kappa shape index (κ3) is 3.70. The molecular formula is C12H20N4S. The fourth-order valence-electron chi connectivity index (χ4n) is 2.01. The van der Waals surface area contributed by atoms with Crippen LogP contribution in [0.2, 0.25) is 0 Å². The number of hydrogen-bond donors (Lipinski definition) is 1. The molecule has 17 heavy (non-hydrogen) atoms. The summed E-state index contributed by atoms with van der Waals surface area (Å²) in [7, 11) is 0. The minimum absolute atomic E-state index is 0.706. The molecule has 1 aromatic rings. The van der Waals surface area contributed by atoms with Crippen LogP contribution in [0.5, 0.6) is 0 Å². The third-order valence-corrected chi connectivity index (χ3v) is 3.92. The first-order valence-electron chi connectivity index (χ1n) is 6.22. The van der Waals surface area contributed by atoms with Crippen LogP contribution >= 0.6 is 11.3 Å². The van der Waals surface area contributed by atoms with Crippen molar-refractivity contribution in [3.05, 3.63) is 16.1 Å². The van der Waals surface area contributed by atoms with Crippen molar-refractivity contribution in [2.24, 2.45) is 10.7 Å². The van der Waals surface area contributed by atoms with Gasteiger partial charge in [0.25, 0.3) is 0 Å². The summed E-state index contributed by atoms with van der Waals surface area (Å²) in [5, 5.41) is 1.15. The zero-order chi connectivity index (χ0) is 12.1. The van der Waals surface area contributed by atoms with Crippen molar-refractivity contribution in [2.75, 3.05) is 19.6 Å². The molecule has 94 valence electrons. The van der Waals surface area contributed by atoms with E-state index in [0.717, 1.165) is 31.1 Å². The van der Waals surface area contributed by atoms with E-state index in [4.69, 9.17) is 5.73 Å². The van der Waals surface area contributed by atoms with E-state index in [9.17, 15) is 0 Å². The second-order valence-electron chi connectivity index (χ2n) is 4.40. The van der Waals surface area contributed by atoms with Crippen LogP contribution in [0, 0.1) is 6.92 Å². The third-order valence-electron chi connectivity index (χ3n) is 2.95. The monoisotopic (exact) mass is 252 g/mol. The molecule has 1 aromatic heterocycles. The molecule has 1 aliphatic heterocycles. The summed E-state index contributed by atoms with van der Waals surface area (Å²) in [6, 6.07) is 0. The van der Waals surface area contributed by atoms with Crippen molar-refractivity contribution in [3.8, 4) is 0 Å². The number of guanidine groups is 1. The first kappa shape index (κ1) is 12.4. The Kier molecular flexibility index (Phi) is 4.36. The molecular weight excluding hydrogens is 232 g/mol. The Morgan fingerprint density at radius 3 is 2.88 bits per heavy atom.